The van der Waals surface area contributed by atoms with Crippen molar-refractivity contribution in [2.45, 2.75) is 23.9 Å². The number of carbonyl (C=O) groups excluding carboxylic acids is 1. The number of aromatic nitrogens is 2. The molecule has 0 saturated heterocycles. The molecule has 32 heavy (non-hydrogen) atoms. The van der Waals surface area contributed by atoms with Crippen molar-refractivity contribution in [3.8, 4) is 0 Å². The molecule has 0 saturated carbocycles. The van der Waals surface area contributed by atoms with Crippen molar-refractivity contribution < 1.29 is 13.6 Å². The van der Waals surface area contributed by atoms with Gasteiger partial charge in [0.1, 0.15) is 0 Å². The molecule has 3 aromatic carbocycles. The molecule has 0 unspecified atom stereocenters. The maximum absolute atomic E-state index is 13.6. The second kappa shape index (κ2) is 9.22. The molecule has 1 heterocycles. The van der Waals surface area contributed by atoms with Gasteiger partial charge in [0.2, 0.25) is 0 Å². The summed E-state index contributed by atoms with van der Waals surface area (Å²) in [6.45, 7) is 1.90. The fourth-order valence-corrected chi connectivity index (χ4v) is 4.42. The highest BCUT2D eigenvalue weighted by molar-refractivity contribution is 8.00. The van der Waals surface area contributed by atoms with Gasteiger partial charge in [-0.2, -0.15) is 0 Å². The van der Waals surface area contributed by atoms with E-state index in [4.69, 9.17) is 11.6 Å². The molecule has 0 spiro atoms. The van der Waals surface area contributed by atoms with Crippen LogP contribution in [0.5, 0.6) is 0 Å². The van der Waals surface area contributed by atoms with Gasteiger partial charge in [0.05, 0.1) is 22.7 Å². The van der Waals surface area contributed by atoms with Crippen molar-refractivity contribution in [1.29, 1.82) is 0 Å². The SMILES string of the molecule is C[C@@H](Sc1nc2cc(Cl)ccc2c(=O)n1Cc1ccccc1)C(=O)c1ccc(F)c(F)c1. The molecule has 1 atom stereocenters. The Morgan fingerprint density at radius 3 is 2.53 bits per heavy atom. The molecule has 0 aliphatic heterocycles. The van der Waals surface area contributed by atoms with Gasteiger partial charge < -0.3 is 0 Å². The number of carbonyl (C=O) groups is 1. The van der Waals surface area contributed by atoms with E-state index in [2.05, 4.69) is 4.98 Å². The average Bonchev–Trinajstić information content (AvgIpc) is 2.78. The van der Waals surface area contributed by atoms with Crippen LogP contribution in [0.3, 0.4) is 0 Å². The van der Waals surface area contributed by atoms with Crippen molar-refractivity contribution >= 4 is 40.0 Å². The van der Waals surface area contributed by atoms with Crippen molar-refractivity contribution in [2.24, 2.45) is 0 Å². The number of benzene rings is 3. The van der Waals surface area contributed by atoms with Crippen molar-refractivity contribution in [1.82, 2.24) is 9.55 Å². The molecule has 0 amide bonds. The van der Waals surface area contributed by atoms with Crippen LogP contribution >= 0.6 is 23.4 Å². The zero-order valence-electron chi connectivity index (χ0n) is 16.9. The second-order valence-electron chi connectivity index (χ2n) is 7.19. The Labute approximate surface area is 191 Å². The van der Waals surface area contributed by atoms with Crippen molar-refractivity contribution in [2.75, 3.05) is 0 Å². The van der Waals surface area contributed by atoms with Crippen LogP contribution in [0, 0.1) is 11.6 Å². The lowest BCUT2D eigenvalue weighted by atomic mass is 10.1. The number of rotatable bonds is 6. The zero-order chi connectivity index (χ0) is 22.8. The summed E-state index contributed by atoms with van der Waals surface area (Å²) in [6.07, 6.45) is 0. The van der Waals surface area contributed by atoms with E-state index in [9.17, 15) is 18.4 Å². The topological polar surface area (TPSA) is 52.0 Å². The monoisotopic (exact) mass is 470 g/mol. The van der Waals surface area contributed by atoms with Crippen LogP contribution in [0.15, 0.2) is 76.7 Å². The largest absolute Gasteiger partial charge is 0.293 e. The van der Waals surface area contributed by atoms with Crippen molar-refractivity contribution in [3.05, 3.63) is 105 Å². The van der Waals surface area contributed by atoms with E-state index in [0.717, 1.165) is 29.5 Å². The highest BCUT2D eigenvalue weighted by atomic mass is 35.5. The maximum Gasteiger partial charge on any atom is 0.262 e. The molecular formula is C24H17ClF2N2O2S. The minimum absolute atomic E-state index is 0.0460. The Balaban J connectivity index is 1.75. The minimum atomic E-state index is -1.09. The highest BCUT2D eigenvalue weighted by Gasteiger charge is 2.22. The Hall–Kier alpha value is -3.03. The number of Topliss-reactive ketones (excluding diaryl/α,β-unsaturated/α-hetero) is 1. The first-order chi connectivity index (χ1) is 15.3. The number of thioether (sulfide) groups is 1. The predicted molar refractivity (Wildman–Crippen MR) is 123 cm³/mol. The van der Waals surface area contributed by atoms with Gasteiger partial charge in [0.25, 0.3) is 5.56 Å². The smallest absolute Gasteiger partial charge is 0.262 e. The Bertz CT molecular complexity index is 1380. The van der Waals surface area contributed by atoms with Gasteiger partial charge in [-0.25, -0.2) is 13.8 Å². The van der Waals surface area contributed by atoms with Gasteiger partial charge in [-0.15, -0.1) is 0 Å². The Kier molecular flexibility index (Phi) is 6.39. The van der Waals surface area contributed by atoms with Crippen LogP contribution in [0.4, 0.5) is 8.78 Å². The summed E-state index contributed by atoms with van der Waals surface area (Å²) in [7, 11) is 0. The summed E-state index contributed by atoms with van der Waals surface area (Å²) in [5.74, 6) is -2.51. The predicted octanol–water partition coefficient (Wildman–Crippen LogP) is 5.74. The number of ketones is 1. The maximum atomic E-state index is 13.6. The summed E-state index contributed by atoms with van der Waals surface area (Å²) in [4.78, 5) is 30.7. The molecule has 4 rings (SSSR count). The second-order valence-corrected chi connectivity index (χ2v) is 8.93. The first-order valence-electron chi connectivity index (χ1n) is 9.73. The van der Waals surface area contributed by atoms with Crippen molar-refractivity contribution in [3.63, 3.8) is 0 Å². The van der Waals surface area contributed by atoms with E-state index in [1.807, 2.05) is 30.3 Å². The van der Waals surface area contributed by atoms with Crippen LogP contribution in [0.25, 0.3) is 10.9 Å². The summed E-state index contributed by atoms with van der Waals surface area (Å²) in [6, 6.07) is 17.3. The van der Waals surface area contributed by atoms with Gasteiger partial charge in [0, 0.05) is 10.6 Å². The van der Waals surface area contributed by atoms with Crippen LogP contribution in [-0.4, -0.2) is 20.6 Å². The fraction of sp³-hybridized carbons (Fsp3) is 0.125. The molecule has 1 aromatic heterocycles. The molecule has 4 aromatic rings. The fourth-order valence-electron chi connectivity index (χ4n) is 3.26. The number of halogens is 3. The van der Waals surface area contributed by atoms with Crippen LogP contribution < -0.4 is 5.56 Å². The Morgan fingerprint density at radius 2 is 1.81 bits per heavy atom. The molecule has 0 aliphatic carbocycles. The molecule has 0 radical (unpaired) electrons. The van der Waals surface area contributed by atoms with E-state index >= 15 is 0 Å². The number of hydrogen-bond acceptors (Lipinski definition) is 4. The lowest BCUT2D eigenvalue weighted by molar-refractivity contribution is 0.0993. The highest BCUT2D eigenvalue weighted by Crippen LogP contribution is 2.27. The van der Waals surface area contributed by atoms with E-state index in [1.54, 1.807) is 25.1 Å². The minimum Gasteiger partial charge on any atom is -0.293 e. The summed E-state index contributed by atoms with van der Waals surface area (Å²) < 4.78 is 28.3. The third-order valence-electron chi connectivity index (χ3n) is 4.92. The molecule has 162 valence electrons. The zero-order valence-corrected chi connectivity index (χ0v) is 18.5. The summed E-state index contributed by atoms with van der Waals surface area (Å²) in [5, 5.41) is 0.476. The van der Waals surface area contributed by atoms with E-state index in [1.165, 1.54) is 10.6 Å². The van der Waals surface area contributed by atoms with Gasteiger partial charge in [0.15, 0.2) is 22.6 Å². The van der Waals surface area contributed by atoms with E-state index < -0.39 is 22.7 Å². The van der Waals surface area contributed by atoms with Gasteiger partial charge >= 0.3 is 0 Å². The van der Waals surface area contributed by atoms with Crippen LogP contribution in [0.1, 0.15) is 22.8 Å². The molecule has 0 N–H and O–H groups in total. The molecule has 0 bridgehead atoms. The number of nitrogens with zero attached hydrogens (tertiary/aromatic N) is 2. The van der Waals surface area contributed by atoms with Crippen LogP contribution in [0.2, 0.25) is 5.02 Å². The molecule has 4 nitrogen and oxygen atoms in total. The first-order valence-corrected chi connectivity index (χ1v) is 11.0. The first kappa shape index (κ1) is 22.2. The normalized spacial score (nSPS) is 12.1. The average molecular weight is 471 g/mol. The summed E-state index contributed by atoms with van der Waals surface area (Å²) in [5.41, 5.74) is 1.10. The molecule has 8 heteroatoms. The third-order valence-corrected chi connectivity index (χ3v) is 6.25. The lowest BCUT2D eigenvalue weighted by Gasteiger charge is -2.16. The van der Waals surface area contributed by atoms with E-state index in [-0.39, 0.29) is 17.7 Å². The van der Waals surface area contributed by atoms with E-state index in [0.29, 0.717) is 21.1 Å². The quantitative estimate of drug-likeness (QED) is 0.205. The molecule has 0 fully saturated rings. The molecular weight excluding hydrogens is 454 g/mol. The number of hydrogen-bond donors (Lipinski definition) is 0. The lowest BCUT2D eigenvalue weighted by Crippen LogP contribution is -2.25. The van der Waals surface area contributed by atoms with Crippen LogP contribution in [-0.2, 0) is 6.54 Å². The standard InChI is InChI=1S/C24H17ClF2N2O2S/c1-14(22(30)16-7-10-19(26)20(27)11-16)32-24-28-21-12-17(25)8-9-18(21)23(31)29(24)13-15-5-3-2-4-6-15/h2-12,14H,13H2,1H3/t14-/m1/s1. The van der Waals surface area contributed by atoms with Gasteiger partial charge in [-0.05, 0) is 48.9 Å². The molecule has 0 aliphatic rings. The number of fused-ring (bicyclic) bond motifs is 1. The van der Waals surface area contributed by atoms with Gasteiger partial charge in [-0.3, -0.25) is 14.2 Å². The van der Waals surface area contributed by atoms with Gasteiger partial charge in [-0.1, -0.05) is 53.7 Å². The summed E-state index contributed by atoms with van der Waals surface area (Å²) >= 11 is 7.16. The third kappa shape index (κ3) is 4.59. The Morgan fingerprint density at radius 1 is 1.06 bits per heavy atom.